The van der Waals surface area contributed by atoms with Gasteiger partial charge in [0, 0.05) is 40.3 Å². The van der Waals surface area contributed by atoms with Gasteiger partial charge in [-0.3, -0.25) is 25.0 Å². The van der Waals surface area contributed by atoms with Crippen LogP contribution >= 0.6 is 0 Å². The van der Waals surface area contributed by atoms with Crippen LogP contribution in [0.1, 0.15) is 5.56 Å². The second-order valence-electron chi connectivity index (χ2n) is 4.69. The molecule has 0 fully saturated rings. The summed E-state index contributed by atoms with van der Waals surface area (Å²) < 4.78 is 0. The first-order chi connectivity index (χ1) is 11.4. The van der Waals surface area contributed by atoms with E-state index in [1.165, 1.54) is 36.4 Å². The van der Waals surface area contributed by atoms with E-state index in [1.807, 2.05) is 0 Å². The topological polar surface area (TPSA) is 145 Å². The molecule has 0 spiro atoms. The molecule has 10 nitrogen and oxygen atoms in total. The van der Waals surface area contributed by atoms with Gasteiger partial charge in [0.2, 0.25) is 0 Å². The van der Waals surface area contributed by atoms with E-state index in [2.05, 4.69) is 10.5 Å². The first kappa shape index (κ1) is 16.7. The fourth-order valence-corrected chi connectivity index (χ4v) is 2.02. The van der Waals surface area contributed by atoms with Crippen LogP contribution < -0.4 is 5.32 Å². The van der Waals surface area contributed by atoms with Crippen molar-refractivity contribution in [2.45, 2.75) is 6.42 Å². The fourth-order valence-electron chi connectivity index (χ4n) is 2.02. The van der Waals surface area contributed by atoms with Crippen LogP contribution in [0.3, 0.4) is 0 Å². The zero-order chi connectivity index (χ0) is 17.7. The molecule has 1 N–H and O–H groups in total. The smallest absolute Gasteiger partial charge is 0.290 e. The van der Waals surface area contributed by atoms with Crippen molar-refractivity contribution in [1.82, 2.24) is 0 Å². The van der Waals surface area contributed by atoms with Crippen molar-refractivity contribution < 1.29 is 14.6 Å². The van der Waals surface area contributed by atoms with Gasteiger partial charge in [-0.05, 0) is 18.2 Å². The van der Waals surface area contributed by atoms with Gasteiger partial charge in [-0.25, -0.2) is 0 Å². The van der Waals surface area contributed by atoms with Crippen LogP contribution in [0.15, 0.2) is 47.6 Å². The first-order valence-electron chi connectivity index (χ1n) is 6.55. The number of nitro groups is 2. The third-order valence-electron chi connectivity index (χ3n) is 3.07. The number of non-ortho nitro benzene ring substituents is 1. The Balaban J connectivity index is 2.31. The van der Waals surface area contributed by atoms with E-state index in [-0.39, 0.29) is 16.9 Å². The minimum Gasteiger partial charge on any atom is -0.355 e. The minimum absolute atomic E-state index is 0.0502. The van der Waals surface area contributed by atoms with E-state index in [1.54, 1.807) is 6.07 Å². The second kappa shape index (κ2) is 7.05. The Morgan fingerprint density at radius 1 is 1.04 bits per heavy atom. The second-order valence-corrected chi connectivity index (χ2v) is 4.69. The number of hydrogen-bond acceptors (Lipinski definition) is 7. The Morgan fingerprint density at radius 3 is 2.38 bits per heavy atom. The summed E-state index contributed by atoms with van der Waals surface area (Å²) in [6, 6.07) is 9.57. The maximum absolute atomic E-state index is 11.1. The Hall–Kier alpha value is -3.69. The van der Waals surface area contributed by atoms with E-state index in [0.29, 0.717) is 11.4 Å². The molecule has 2 rings (SSSR count). The average molecular weight is 330 g/mol. The van der Waals surface area contributed by atoms with Crippen LogP contribution in [0.2, 0.25) is 0 Å². The standard InChI is InChI=1S/C14H10N4O6/c19-14(16-20)6-9-4-5-11(8-13(9)18(23)24)15-10-2-1-3-12(7-10)17(21)22/h1-5,7-8,15H,6H2. The number of anilines is 2. The van der Waals surface area contributed by atoms with Crippen molar-refractivity contribution in [1.29, 1.82) is 0 Å². The SMILES string of the molecule is O=NC(=O)Cc1ccc(Nc2cccc([N+](=O)[O-])c2)cc1[N+](=O)[O-]. The Kier molecular flexibility index (Phi) is 4.90. The molecule has 0 radical (unpaired) electrons. The number of nitro benzene ring substituents is 2. The van der Waals surface area contributed by atoms with E-state index < -0.39 is 22.2 Å². The van der Waals surface area contributed by atoms with Crippen molar-refractivity contribution >= 4 is 28.7 Å². The molecule has 0 saturated carbocycles. The number of benzene rings is 2. The minimum atomic E-state index is -1.02. The zero-order valence-corrected chi connectivity index (χ0v) is 12.0. The maximum Gasteiger partial charge on any atom is 0.290 e. The molecule has 24 heavy (non-hydrogen) atoms. The van der Waals surface area contributed by atoms with Crippen LogP contribution in [-0.2, 0) is 11.2 Å². The highest BCUT2D eigenvalue weighted by Crippen LogP contribution is 2.27. The molecule has 1 amide bonds. The van der Waals surface area contributed by atoms with Crippen LogP contribution in [0.25, 0.3) is 0 Å². The molecule has 2 aromatic rings. The monoisotopic (exact) mass is 330 g/mol. The van der Waals surface area contributed by atoms with Gasteiger partial charge >= 0.3 is 0 Å². The van der Waals surface area contributed by atoms with Gasteiger partial charge in [-0.1, -0.05) is 6.07 Å². The van der Waals surface area contributed by atoms with Gasteiger partial charge in [0.1, 0.15) is 0 Å². The summed E-state index contributed by atoms with van der Waals surface area (Å²) in [4.78, 5) is 41.8. The van der Waals surface area contributed by atoms with Crippen LogP contribution in [-0.4, -0.2) is 15.8 Å². The van der Waals surface area contributed by atoms with E-state index in [0.717, 1.165) is 0 Å². The number of carbonyl (C=O) groups excluding carboxylic acids is 1. The van der Waals surface area contributed by atoms with Gasteiger partial charge in [0.25, 0.3) is 17.3 Å². The Labute approximate surface area is 134 Å². The van der Waals surface area contributed by atoms with Gasteiger partial charge in [-0.15, -0.1) is 4.91 Å². The molecule has 0 aromatic heterocycles. The first-order valence-corrected chi connectivity index (χ1v) is 6.55. The molecular formula is C14H10N4O6. The summed E-state index contributed by atoms with van der Waals surface area (Å²) in [5, 5.41) is 26.9. The summed E-state index contributed by atoms with van der Waals surface area (Å²) in [6.45, 7) is 0. The van der Waals surface area contributed by atoms with Crippen LogP contribution in [0.5, 0.6) is 0 Å². The molecule has 0 saturated heterocycles. The Bertz CT molecular complexity index is 836. The molecule has 10 heteroatoms. The molecule has 122 valence electrons. The van der Waals surface area contributed by atoms with Crippen LogP contribution in [0.4, 0.5) is 22.7 Å². The summed E-state index contributed by atoms with van der Waals surface area (Å²) in [7, 11) is 0. The molecule has 0 bridgehead atoms. The lowest BCUT2D eigenvalue weighted by Gasteiger charge is -2.08. The molecule has 2 aromatic carbocycles. The van der Waals surface area contributed by atoms with Crippen molar-refractivity contribution in [3.63, 3.8) is 0 Å². The number of nitrogens with zero attached hydrogens (tertiary/aromatic N) is 3. The molecule has 0 aliphatic carbocycles. The van der Waals surface area contributed by atoms with Crippen molar-refractivity contribution in [2.24, 2.45) is 5.18 Å². The number of carbonyl (C=O) groups is 1. The molecule has 0 aliphatic rings. The normalized spacial score (nSPS) is 10.0. The summed E-state index contributed by atoms with van der Waals surface area (Å²) >= 11 is 0. The highest BCUT2D eigenvalue weighted by molar-refractivity contribution is 5.81. The summed E-state index contributed by atoms with van der Waals surface area (Å²) in [5.74, 6) is -1.02. The number of nitrogens with one attached hydrogen (secondary N) is 1. The van der Waals surface area contributed by atoms with Gasteiger partial charge in [0.05, 0.1) is 16.3 Å². The average Bonchev–Trinajstić information content (AvgIpc) is 2.56. The molecular weight excluding hydrogens is 320 g/mol. The van der Waals surface area contributed by atoms with E-state index in [4.69, 9.17) is 0 Å². The number of nitroso groups, excluding NO2 is 1. The summed E-state index contributed by atoms with van der Waals surface area (Å²) in [5.41, 5.74) is 0.236. The maximum atomic E-state index is 11.1. The fraction of sp³-hybridized carbons (Fsp3) is 0.0714. The lowest BCUT2D eigenvalue weighted by Crippen LogP contribution is -2.03. The van der Waals surface area contributed by atoms with Gasteiger partial charge in [-0.2, -0.15) is 0 Å². The molecule has 0 heterocycles. The molecule has 0 aliphatic heterocycles. The largest absolute Gasteiger partial charge is 0.355 e. The van der Waals surface area contributed by atoms with Gasteiger partial charge < -0.3 is 5.32 Å². The van der Waals surface area contributed by atoms with E-state index in [9.17, 15) is 29.9 Å². The number of amides is 1. The quantitative estimate of drug-likeness (QED) is 0.486. The highest BCUT2D eigenvalue weighted by atomic mass is 16.6. The number of hydrogen-bond donors (Lipinski definition) is 1. The number of rotatable bonds is 6. The van der Waals surface area contributed by atoms with Crippen molar-refractivity contribution in [3.8, 4) is 0 Å². The van der Waals surface area contributed by atoms with E-state index >= 15 is 0 Å². The highest BCUT2D eigenvalue weighted by Gasteiger charge is 2.18. The van der Waals surface area contributed by atoms with Crippen molar-refractivity contribution in [3.05, 3.63) is 73.2 Å². The lowest BCUT2D eigenvalue weighted by atomic mass is 10.1. The summed E-state index contributed by atoms with van der Waals surface area (Å²) in [6.07, 6.45) is -0.475. The van der Waals surface area contributed by atoms with Crippen molar-refractivity contribution in [2.75, 3.05) is 5.32 Å². The zero-order valence-electron chi connectivity index (χ0n) is 12.0. The third kappa shape index (κ3) is 3.94. The van der Waals surface area contributed by atoms with Gasteiger partial charge in [0.15, 0.2) is 0 Å². The molecule has 0 atom stereocenters. The lowest BCUT2D eigenvalue weighted by molar-refractivity contribution is -0.385. The predicted octanol–water partition coefficient (Wildman–Crippen LogP) is 3.08. The Morgan fingerprint density at radius 2 is 1.75 bits per heavy atom. The molecule has 0 unspecified atom stereocenters. The third-order valence-corrected chi connectivity index (χ3v) is 3.07. The van der Waals surface area contributed by atoms with Crippen LogP contribution in [0, 0.1) is 25.1 Å². The predicted molar refractivity (Wildman–Crippen MR) is 84.0 cm³/mol.